The average molecular weight is 639 g/mol. The third kappa shape index (κ3) is 11.0. The maximum absolute atomic E-state index is 11.3. The number of benzene rings is 2. The Kier molecular flexibility index (Phi) is 17.8. The number of nitriles is 2. The monoisotopic (exact) mass is 638 g/mol. The van der Waals surface area contributed by atoms with Crippen molar-refractivity contribution in [3.05, 3.63) is 112 Å². The van der Waals surface area contributed by atoms with Gasteiger partial charge in [0, 0.05) is 17.9 Å². The van der Waals surface area contributed by atoms with Gasteiger partial charge >= 0.3 is 88.7 Å². The molecule has 1 aliphatic heterocycles. The minimum absolute atomic E-state index is 0. The Morgan fingerprint density at radius 2 is 1.55 bits per heavy atom. The fourth-order valence-corrected chi connectivity index (χ4v) is 4.26. The molecule has 12 nitrogen and oxygen atoms in total. The summed E-state index contributed by atoms with van der Waals surface area (Å²) in [5, 5.41) is 41.6. The second-order valence-electron chi connectivity index (χ2n) is 8.23. The quantitative estimate of drug-likeness (QED) is 0.0787. The van der Waals surface area contributed by atoms with Gasteiger partial charge in [-0.25, -0.2) is 18.5 Å². The van der Waals surface area contributed by atoms with Crippen LogP contribution in [0.1, 0.15) is 32.7 Å². The first-order chi connectivity index (χ1) is 19.5. The number of hydrogen-bond donors (Lipinski definition) is 0. The third-order valence-electron chi connectivity index (χ3n) is 5.61. The molecule has 0 saturated carbocycles. The van der Waals surface area contributed by atoms with E-state index in [0.717, 1.165) is 0 Å². The number of carboxylic acids is 2. The van der Waals surface area contributed by atoms with Crippen LogP contribution >= 0.6 is 0 Å². The molecule has 16 heteroatoms. The number of aromatic carboxylic acids is 2. The second kappa shape index (κ2) is 19.0. The number of fused-ring (bicyclic) bond motifs is 1. The van der Waals surface area contributed by atoms with Crippen molar-refractivity contribution in [3.8, 4) is 17.9 Å². The van der Waals surface area contributed by atoms with Gasteiger partial charge in [0.25, 0.3) is 5.70 Å². The summed E-state index contributed by atoms with van der Waals surface area (Å²) >= 11 is 0. The largest absolute Gasteiger partial charge is 1.00 e. The van der Waals surface area contributed by atoms with Crippen molar-refractivity contribution in [2.45, 2.75) is 6.42 Å². The van der Waals surface area contributed by atoms with Crippen LogP contribution in [0.4, 0.5) is 5.69 Å². The zero-order valence-electron chi connectivity index (χ0n) is 23.9. The molecule has 1 heterocycles. The molecule has 0 radical (unpaired) electrons. The Morgan fingerprint density at radius 3 is 2.07 bits per heavy atom. The fourth-order valence-electron chi connectivity index (χ4n) is 3.78. The zero-order valence-corrected chi connectivity index (χ0v) is 30.8. The van der Waals surface area contributed by atoms with E-state index in [-0.39, 0.29) is 141 Å². The van der Waals surface area contributed by atoms with Gasteiger partial charge in [-0.15, -0.1) is 0 Å². The maximum atomic E-state index is 11.3. The normalized spacial score (nSPS) is 13.5. The maximum Gasteiger partial charge on any atom is 1.00 e. The first-order valence-electron chi connectivity index (χ1n) is 11.6. The molecule has 206 valence electrons. The number of carbonyl (C=O) groups is 2. The number of allylic oxidation sites excluding steroid dienone is 7. The first-order valence-corrected chi connectivity index (χ1v) is 13.1. The summed E-state index contributed by atoms with van der Waals surface area (Å²) in [7, 11) is -4.49. The Balaban J connectivity index is 0.00000616. The van der Waals surface area contributed by atoms with E-state index < -0.39 is 33.5 Å². The molecule has 0 atom stereocenters. The van der Waals surface area contributed by atoms with Crippen LogP contribution in [0.25, 0.3) is 10.4 Å². The van der Waals surface area contributed by atoms with E-state index in [2.05, 4.69) is 4.85 Å². The number of anilines is 1. The van der Waals surface area contributed by atoms with E-state index >= 15 is 0 Å². The number of carbonyl (C=O) groups excluding carboxylic acids is 2. The van der Waals surface area contributed by atoms with Gasteiger partial charge in [0.2, 0.25) is 5.88 Å². The van der Waals surface area contributed by atoms with Gasteiger partial charge in [0.15, 0.2) is 5.75 Å². The summed E-state index contributed by atoms with van der Waals surface area (Å²) in [4.78, 5) is 27.0. The van der Waals surface area contributed by atoms with Crippen molar-refractivity contribution in [1.82, 2.24) is 0 Å². The van der Waals surface area contributed by atoms with Crippen molar-refractivity contribution in [2.24, 2.45) is 0 Å². The molecule has 0 unspecified atom stereocenters. The van der Waals surface area contributed by atoms with E-state index in [1.807, 2.05) is 6.07 Å². The van der Waals surface area contributed by atoms with Gasteiger partial charge < -0.3 is 34.0 Å². The Labute approximate surface area is 320 Å². The fraction of sp³-hybridized carbons (Fsp3) is 0.107. The standard InChI is InChI=1S/C28H20N4O8S.3Na/c1-31-22(17-30)26(18-7-9-19(10-8-18)27(33)34)21(16-29)5-2-3-6-25-32(13-4-14-41(37,38)39)23-15-20(28(35)36)11-12-24(23)40-25;;;/h2-3,5-12,15H,4,13-14H2,(H,33,34)(H,35,36)(H,37,38,39);;;/q;3*+1/p-3/b3-2+,21-5+,25-6-,26-22+;;;. The zero-order chi connectivity index (χ0) is 30.2. The minimum atomic E-state index is -4.49. The number of rotatable bonds is 10. The second-order valence-corrected chi connectivity index (χ2v) is 9.76. The third-order valence-corrected chi connectivity index (χ3v) is 6.40. The van der Waals surface area contributed by atoms with Crippen LogP contribution in [0, 0.1) is 29.2 Å². The van der Waals surface area contributed by atoms with E-state index in [1.54, 1.807) is 6.07 Å². The Bertz CT molecular complexity index is 1750. The molecule has 44 heavy (non-hydrogen) atoms. The number of carboxylic acid groups (broad SMARTS) is 2. The summed E-state index contributed by atoms with van der Waals surface area (Å²) in [5.74, 6) is -3.08. The summed E-state index contributed by atoms with van der Waals surface area (Å²) in [6.45, 7) is 7.32. The van der Waals surface area contributed by atoms with E-state index in [0.29, 0.717) is 5.69 Å². The van der Waals surface area contributed by atoms with Crippen LogP contribution in [-0.4, -0.2) is 37.2 Å². The molecular weight excluding hydrogens is 621 g/mol. The van der Waals surface area contributed by atoms with E-state index in [4.69, 9.17) is 11.3 Å². The van der Waals surface area contributed by atoms with Crippen molar-refractivity contribution in [3.63, 3.8) is 0 Å². The predicted molar refractivity (Wildman–Crippen MR) is 139 cm³/mol. The summed E-state index contributed by atoms with van der Waals surface area (Å²) in [6, 6.07) is 12.7. The van der Waals surface area contributed by atoms with Gasteiger partial charge in [0.1, 0.15) is 0 Å². The molecule has 0 aromatic heterocycles. The van der Waals surface area contributed by atoms with Crippen molar-refractivity contribution in [2.75, 3.05) is 17.2 Å². The molecule has 2 aromatic carbocycles. The van der Waals surface area contributed by atoms with Crippen LogP contribution in [0.3, 0.4) is 0 Å². The minimum Gasteiger partial charge on any atom is -0.748 e. The molecule has 0 amide bonds. The molecule has 0 spiro atoms. The Hall–Kier alpha value is -2.68. The predicted octanol–water partition coefficient (Wildman–Crippen LogP) is -7.74. The molecule has 0 aliphatic carbocycles. The molecule has 0 fully saturated rings. The van der Waals surface area contributed by atoms with Crippen molar-refractivity contribution >= 4 is 33.3 Å². The van der Waals surface area contributed by atoms with Gasteiger partial charge in [-0.2, -0.15) is 5.26 Å². The summed E-state index contributed by atoms with van der Waals surface area (Å²) in [5.41, 5.74) is -0.225. The smallest absolute Gasteiger partial charge is 0.748 e. The first kappa shape index (κ1) is 41.3. The molecule has 2 aromatic rings. The number of hydrogen-bond acceptors (Lipinski definition) is 11. The topological polar surface area (TPSA) is 202 Å². The van der Waals surface area contributed by atoms with Crippen LogP contribution in [0.15, 0.2) is 83.9 Å². The van der Waals surface area contributed by atoms with Gasteiger partial charge in [-0.05, 0) is 53.5 Å². The molecule has 0 bridgehead atoms. The molecule has 1 aliphatic rings. The molecule has 3 rings (SSSR count). The van der Waals surface area contributed by atoms with Crippen LogP contribution < -0.4 is 109 Å². The van der Waals surface area contributed by atoms with E-state index in [1.165, 1.54) is 71.7 Å². The van der Waals surface area contributed by atoms with Gasteiger partial charge in [-0.1, -0.05) is 36.4 Å². The average Bonchev–Trinajstić information content (AvgIpc) is 3.28. The Morgan fingerprint density at radius 1 is 0.955 bits per heavy atom. The van der Waals surface area contributed by atoms with Crippen molar-refractivity contribution < 1.29 is 126 Å². The van der Waals surface area contributed by atoms with Crippen LogP contribution in [0.5, 0.6) is 5.75 Å². The molecular formula is C28H17N4Na3O8S. The van der Waals surface area contributed by atoms with Crippen molar-refractivity contribution in [1.29, 1.82) is 10.5 Å². The van der Waals surface area contributed by atoms with Crippen LogP contribution in [0.2, 0.25) is 0 Å². The van der Waals surface area contributed by atoms with Crippen LogP contribution in [-0.2, 0) is 10.1 Å². The van der Waals surface area contributed by atoms with Gasteiger partial charge in [-0.3, -0.25) is 0 Å². The number of ether oxygens (including phenoxy) is 1. The summed E-state index contributed by atoms with van der Waals surface area (Å²) in [6.07, 6.45) is 5.51. The van der Waals surface area contributed by atoms with E-state index in [9.17, 15) is 43.3 Å². The molecule has 0 N–H and O–H groups in total. The summed E-state index contributed by atoms with van der Waals surface area (Å²) < 4.78 is 38.9. The van der Waals surface area contributed by atoms with Gasteiger partial charge in [0.05, 0.1) is 52.0 Å². The SMILES string of the molecule is [C-]#[N+]/C(C#N)=C(/C(C#N)=C/C=C/C=C1\Oc2ccc(C(=O)[O-])cc2N1CCCS(=O)(=O)[O-])c1ccc(C(=O)[O-])cc1.[Na+].[Na+].[Na+]. The molecule has 0 saturated heterocycles. The number of nitrogens with zero attached hydrogens (tertiary/aromatic N) is 4.